The van der Waals surface area contributed by atoms with Crippen molar-refractivity contribution in [3.63, 3.8) is 0 Å². The highest BCUT2D eigenvalue weighted by Crippen LogP contribution is 2.57. The predicted octanol–water partition coefficient (Wildman–Crippen LogP) is 2.06. The van der Waals surface area contributed by atoms with Crippen LogP contribution >= 0.6 is 0 Å². The second kappa shape index (κ2) is 5.84. The molecule has 0 aliphatic heterocycles. The van der Waals surface area contributed by atoms with Gasteiger partial charge in [-0.05, 0) is 56.3 Å². The number of hydrogen-bond donors (Lipinski definition) is 1. The molecule has 1 N–H and O–H groups in total. The Morgan fingerprint density at radius 2 is 1.86 bits per heavy atom. The monoisotopic (exact) mass is 310 g/mol. The Labute approximate surface area is 131 Å². The van der Waals surface area contributed by atoms with Gasteiger partial charge in [-0.2, -0.15) is 0 Å². The maximum atomic E-state index is 12.1. The number of esters is 2. The molecule has 4 aliphatic rings. The summed E-state index contributed by atoms with van der Waals surface area (Å²) in [6, 6.07) is 0. The molecule has 0 aromatic rings. The van der Waals surface area contributed by atoms with Gasteiger partial charge < -0.3 is 14.6 Å². The SMILES string of the molecule is CCC(C)C(=O)OCC(=O)OC12CC3CC(C1)C(O)C(C3)C2. The highest BCUT2D eigenvalue weighted by molar-refractivity contribution is 5.77. The number of ether oxygens (including phenoxy) is 2. The van der Waals surface area contributed by atoms with Crippen LogP contribution in [0.4, 0.5) is 0 Å². The van der Waals surface area contributed by atoms with Gasteiger partial charge in [0.2, 0.25) is 0 Å². The van der Waals surface area contributed by atoms with Crippen molar-refractivity contribution in [2.75, 3.05) is 6.61 Å². The van der Waals surface area contributed by atoms with Crippen molar-refractivity contribution in [2.45, 2.75) is 64.1 Å². The van der Waals surface area contributed by atoms with Gasteiger partial charge in [-0.1, -0.05) is 13.8 Å². The molecular formula is C17H26O5. The highest BCUT2D eigenvalue weighted by atomic mass is 16.6. The molecule has 3 atom stereocenters. The third-order valence-corrected chi connectivity index (χ3v) is 5.84. The van der Waals surface area contributed by atoms with Crippen molar-refractivity contribution in [1.82, 2.24) is 0 Å². The first-order valence-corrected chi connectivity index (χ1v) is 8.49. The van der Waals surface area contributed by atoms with E-state index in [4.69, 9.17) is 9.47 Å². The summed E-state index contributed by atoms with van der Waals surface area (Å²) in [7, 11) is 0. The minimum absolute atomic E-state index is 0.192. The van der Waals surface area contributed by atoms with Gasteiger partial charge >= 0.3 is 11.9 Å². The fourth-order valence-electron chi connectivity index (χ4n) is 4.76. The number of hydrogen-bond acceptors (Lipinski definition) is 5. The molecule has 5 heteroatoms. The lowest BCUT2D eigenvalue weighted by Gasteiger charge is -2.57. The van der Waals surface area contributed by atoms with E-state index in [1.807, 2.05) is 6.92 Å². The van der Waals surface area contributed by atoms with E-state index < -0.39 is 11.6 Å². The quantitative estimate of drug-likeness (QED) is 0.787. The zero-order chi connectivity index (χ0) is 15.9. The average Bonchev–Trinajstić information content (AvgIpc) is 2.48. The molecule has 0 spiro atoms. The summed E-state index contributed by atoms with van der Waals surface area (Å²) in [5, 5.41) is 10.2. The van der Waals surface area contributed by atoms with Gasteiger partial charge in [0.15, 0.2) is 6.61 Å². The molecule has 5 nitrogen and oxygen atoms in total. The van der Waals surface area contributed by atoms with Crippen LogP contribution in [0.2, 0.25) is 0 Å². The van der Waals surface area contributed by atoms with E-state index in [0.717, 1.165) is 32.1 Å². The molecule has 3 unspecified atom stereocenters. The van der Waals surface area contributed by atoms with Gasteiger partial charge in [0, 0.05) is 0 Å². The lowest BCUT2D eigenvalue weighted by molar-refractivity contribution is -0.209. The highest BCUT2D eigenvalue weighted by Gasteiger charge is 2.57. The summed E-state index contributed by atoms with van der Waals surface area (Å²) < 4.78 is 10.8. The van der Waals surface area contributed by atoms with Gasteiger partial charge in [0.05, 0.1) is 12.0 Å². The van der Waals surface area contributed by atoms with Crippen LogP contribution in [0.15, 0.2) is 0 Å². The molecule has 0 heterocycles. The Morgan fingerprint density at radius 3 is 2.45 bits per heavy atom. The first-order valence-electron chi connectivity index (χ1n) is 8.49. The summed E-state index contributed by atoms with van der Waals surface area (Å²) in [4.78, 5) is 23.7. The standard InChI is InChI=1S/C17H26O5/c1-3-10(2)16(20)21-9-14(18)22-17-6-11-4-12(7-17)15(19)13(5-11)8-17/h10-13,15,19H,3-9H2,1-2H3. The summed E-state index contributed by atoms with van der Waals surface area (Å²) in [6.45, 7) is 3.40. The van der Waals surface area contributed by atoms with Crippen LogP contribution in [0.5, 0.6) is 0 Å². The summed E-state index contributed by atoms with van der Waals surface area (Å²) >= 11 is 0. The van der Waals surface area contributed by atoms with E-state index >= 15 is 0 Å². The fourth-order valence-corrected chi connectivity index (χ4v) is 4.76. The molecule has 0 aromatic heterocycles. The molecule has 124 valence electrons. The van der Waals surface area contributed by atoms with E-state index in [2.05, 4.69) is 0 Å². The van der Waals surface area contributed by atoms with Gasteiger partial charge in [-0.3, -0.25) is 4.79 Å². The van der Waals surface area contributed by atoms with Crippen molar-refractivity contribution >= 4 is 11.9 Å². The maximum Gasteiger partial charge on any atom is 0.344 e. The third-order valence-electron chi connectivity index (χ3n) is 5.84. The summed E-state index contributed by atoms with van der Waals surface area (Å²) in [5.74, 6) is 0.107. The van der Waals surface area contributed by atoms with E-state index in [-0.39, 0.29) is 36.4 Å². The van der Waals surface area contributed by atoms with Crippen molar-refractivity contribution in [3.8, 4) is 0 Å². The minimum atomic E-state index is -0.451. The zero-order valence-corrected chi connectivity index (χ0v) is 13.4. The summed E-state index contributed by atoms with van der Waals surface area (Å²) in [5.41, 5.74) is -0.421. The van der Waals surface area contributed by atoms with Gasteiger partial charge in [0.1, 0.15) is 5.60 Å². The molecular weight excluding hydrogens is 284 g/mol. The van der Waals surface area contributed by atoms with E-state index in [0.29, 0.717) is 12.3 Å². The van der Waals surface area contributed by atoms with Crippen molar-refractivity contribution in [1.29, 1.82) is 0 Å². The average molecular weight is 310 g/mol. The maximum absolute atomic E-state index is 12.1. The molecule has 4 rings (SSSR count). The van der Waals surface area contributed by atoms with E-state index in [1.165, 1.54) is 0 Å². The van der Waals surface area contributed by atoms with E-state index in [1.54, 1.807) is 6.92 Å². The Kier molecular flexibility index (Phi) is 4.19. The molecule has 4 bridgehead atoms. The number of carbonyl (C=O) groups is 2. The second-order valence-corrected chi connectivity index (χ2v) is 7.53. The van der Waals surface area contributed by atoms with Gasteiger partial charge in [-0.15, -0.1) is 0 Å². The van der Waals surface area contributed by atoms with Crippen LogP contribution in [-0.2, 0) is 19.1 Å². The first kappa shape index (κ1) is 15.8. The minimum Gasteiger partial charge on any atom is -0.457 e. The molecule has 4 aliphatic carbocycles. The van der Waals surface area contributed by atoms with Crippen LogP contribution in [0.25, 0.3) is 0 Å². The normalized spacial score (nSPS) is 40.3. The summed E-state index contributed by atoms with van der Waals surface area (Å²) in [6.07, 6.45) is 4.99. The van der Waals surface area contributed by atoms with Crippen LogP contribution in [0, 0.1) is 23.7 Å². The van der Waals surface area contributed by atoms with Gasteiger partial charge in [-0.25, -0.2) is 4.79 Å². The smallest absolute Gasteiger partial charge is 0.344 e. The Bertz CT molecular complexity index is 444. The van der Waals surface area contributed by atoms with Crippen LogP contribution < -0.4 is 0 Å². The third kappa shape index (κ3) is 2.87. The molecule has 4 fully saturated rings. The second-order valence-electron chi connectivity index (χ2n) is 7.53. The number of aliphatic hydroxyl groups is 1. The predicted molar refractivity (Wildman–Crippen MR) is 78.8 cm³/mol. The number of rotatable bonds is 5. The van der Waals surface area contributed by atoms with Crippen molar-refractivity contribution < 1.29 is 24.2 Å². The molecule has 0 saturated heterocycles. The van der Waals surface area contributed by atoms with Gasteiger partial charge in [0.25, 0.3) is 0 Å². The topological polar surface area (TPSA) is 72.8 Å². The number of aliphatic hydroxyl groups excluding tert-OH is 1. The Morgan fingerprint density at radius 1 is 1.23 bits per heavy atom. The van der Waals surface area contributed by atoms with E-state index in [9.17, 15) is 14.7 Å². The molecule has 22 heavy (non-hydrogen) atoms. The van der Waals surface area contributed by atoms with Crippen LogP contribution in [0.3, 0.4) is 0 Å². The Balaban J connectivity index is 1.55. The fraction of sp³-hybridized carbons (Fsp3) is 0.882. The van der Waals surface area contributed by atoms with Crippen LogP contribution in [-0.4, -0.2) is 35.4 Å². The number of carbonyl (C=O) groups excluding carboxylic acids is 2. The molecule has 0 amide bonds. The molecule has 0 radical (unpaired) electrons. The lowest BCUT2D eigenvalue weighted by atomic mass is 9.53. The lowest BCUT2D eigenvalue weighted by Crippen LogP contribution is -2.58. The Hall–Kier alpha value is -1.10. The van der Waals surface area contributed by atoms with Crippen LogP contribution in [0.1, 0.15) is 52.4 Å². The zero-order valence-electron chi connectivity index (χ0n) is 13.4. The largest absolute Gasteiger partial charge is 0.457 e. The molecule has 0 aromatic carbocycles. The molecule has 4 saturated carbocycles. The first-order chi connectivity index (χ1) is 10.4. The van der Waals surface area contributed by atoms with Crippen molar-refractivity contribution in [2.24, 2.45) is 23.7 Å². The van der Waals surface area contributed by atoms with Crippen molar-refractivity contribution in [3.05, 3.63) is 0 Å².